The molecule has 2 aromatic rings. The maximum absolute atomic E-state index is 12.7. The average molecular weight is 299 g/mol. The van der Waals surface area contributed by atoms with Gasteiger partial charge < -0.3 is 0 Å². The Balaban J connectivity index is 1.83. The Hall–Kier alpha value is -1.35. The molecule has 1 aliphatic carbocycles. The van der Waals surface area contributed by atoms with Gasteiger partial charge in [0.2, 0.25) is 0 Å². The topological polar surface area (TPSA) is 30.0 Å². The van der Waals surface area contributed by atoms with Gasteiger partial charge in [-0.1, -0.05) is 31.9 Å². The van der Waals surface area contributed by atoms with Crippen LogP contribution >= 0.6 is 12.6 Å². The minimum absolute atomic E-state index is 0.251. The highest BCUT2D eigenvalue weighted by Crippen LogP contribution is 2.32. The second kappa shape index (κ2) is 6.18. The number of carbonyl (C=O) groups excluding carboxylic acids is 1. The van der Waals surface area contributed by atoms with Crippen molar-refractivity contribution in [3.63, 3.8) is 0 Å². The standard InChI is InChI=1S/C18H21NOS/c1-12-5-7-13(8-6-12)11-16(20)14-9-10-19-18-15(14)3-2-4-17(18)21/h2-4,9-10,12-13,21H,5-8,11H2,1H3. The number of hydrogen-bond donors (Lipinski definition) is 1. The third-order valence-corrected chi connectivity index (χ3v) is 5.02. The minimum Gasteiger partial charge on any atom is -0.294 e. The molecule has 1 fully saturated rings. The fraction of sp³-hybridized carbons (Fsp3) is 0.444. The Kier molecular flexibility index (Phi) is 4.29. The molecule has 0 aliphatic heterocycles. The summed E-state index contributed by atoms with van der Waals surface area (Å²) in [6.45, 7) is 2.31. The second-order valence-corrected chi connectivity index (χ2v) is 6.77. The fourth-order valence-electron chi connectivity index (χ4n) is 3.31. The highest BCUT2D eigenvalue weighted by Gasteiger charge is 2.22. The number of Topliss-reactive ketones (excluding diaryl/α,β-unsaturated/α-hetero) is 1. The summed E-state index contributed by atoms with van der Waals surface area (Å²) in [7, 11) is 0. The number of aromatic nitrogens is 1. The zero-order valence-corrected chi connectivity index (χ0v) is 13.3. The number of ketones is 1. The van der Waals surface area contributed by atoms with Gasteiger partial charge in [0.05, 0.1) is 5.52 Å². The molecule has 1 aliphatic rings. The molecule has 2 nitrogen and oxygen atoms in total. The third-order valence-electron chi connectivity index (χ3n) is 4.66. The van der Waals surface area contributed by atoms with Gasteiger partial charge in [-0.25, -0.2) is 0 Å². The molecule has 0 atom stereocenters. The number of carbonyl (C=O) groups is 1. The van der Waals surface area contributed by atoms with Crippen molar-refractivity contribution in [2.75, 3.05) is 0 Å². The molecule has 0 unspecified atom stereocenters. The summed E-state index contributed by atoms with van der Waals surface area (Å²) in [6, 6.07) is 7.67. The number of rotatable bonds is 3. The third kappa shape index (κ3) is 3.13. The van der Waals surface area contributed by atoms with Crippen LogP contribution in [0.5, 0.6) is 0 Å². The van der Waals surface area contributed by atoms with E-state index >= 15 is 0 Å². The van der Waals surface area contributed by atoms with Gasteiger partial charge in [0.25, 0.3) is 0 Å². The summed E-state index contributed by atoms with van der Waals surface area (Å²) in [5, 5.41) is 0.930. The number of thiol groups is 1. The van der Waals surface area contributed by atoms with Crippen LogP contribution in [0.2, 0.25) is 0 Å². The van der Waals surface area contributed by atoms with Crippen LogP contribution in [0.25, 0.3) is 10.9 Å². The van der Waals surface area contributed by atoms with E-state index in [2.05, 4.69) is 24.5 Å². The molecule has 0 spiro atoms. The van der Waals surface area contributed by atoms with Gasteiger partial charge in [-0.05, 0) is 36.8 Å². The quantitative estimate of drug-likeness (QED) is 0.644. The Labute approximate surface area is 131 Å². The van der Waals surface area contributed by atoms with Gasteiger partial charge in [0.1, 0.15) is 0 Å². The van der Waals surface area contributed by atoms with E-state index in [1.54, 1.807) is 6.20 Å². The van der Waals surface area contributed by atoms with E-state index in [1.807, 2.05) is 24.3 Å². The number of fused-ring (bicyclic) bond motifs is 1. The van der Waals surface area contributed by atoms with E-state index in [-0.39, 0.29) is 5.78 Å². The smallest absolute Gasteiger partial charge is 0.163 e. The van der Waals surface area contributed by atoms with Crippen molar-refractivity contribution in [3.8, 4) is 0 Å². The number of benzene rings is 1. The molecule has 0 saturated heterocycles. The molecule has 0 radical (unpaired) electrons. The second-order valence-electron chi connectivity index (χ2n) is 6.29. The Bertz CT molecular complexity index is 659. The van der Waals surface area contributed by atoms with E-state index in [0.717, 1.165) is 27.3 Å². The van der Waals surface area contributed by atoms with E-state index in [4.69, 9.17) is 0 Å². The van der Waals surface area contributed by atoms with E-state index in [1.165, 1.54) is 25.7 Å². The molecular weight excluding hydrogens is 278 g/mol. The highest BCUT2D eigenvalue weighted by atomic mass is 32.1. The van der Waals surface area contributed by atoms with Gasteiger partial charge in [0, 0.05) is 28.5 Å². The minimum atomic E-state index is 0.251. The predicted octanol–water partition coefficient (Wildman–Crippen LogP) is 4.92. The van der Waals surface area contributed by atoms with Crippen LogP contribution in [0, 0.1) is 11.8 Å². The van der Waals surface area contributed by atoms with Crippen LogP contribution in [0.4, 0.5) is 0 Å². The van der Waals surface area contributed by atoms with Gasteiger partial charge in [-0.2, -0.15) is 0 Å². The lowest BCUT2D eigenvalue weighted by Gasteiger charge is -2.25. The van der Waals surface area contributed by atoms with Crippen LogP contribution in [0.1, 0.15) is 49.4 Å². The molecule has 1 aromatic heterocycles. The van der Waals surface area contributed by atoms with Crippen molar-refractivity contribution in [2.24, 2.45) is 11.8 Å². The molecule has 21 heavy (non-hydrogen) atoms. The van der Waals surface area contributed by atoms with Crippen molar-refractivity contribution in [1.82, 2.24) is 4.98 Å². The predicted molar refractivity (Wildman–Crippen MR) is 89.1 cm³/mol. The van der Waals surface area contributed by atoms with Crippen molar-refractivity contribution in [2.45, 2.75) is 43.9 Å². The van der Waals surface area contributed by atoms with Crippen LogP contribution in [0.15, 0.2) is 35.4 Å². The van der Waals surface area contributed by atoms with E-state index in [9.17, 15) is 4.79 Å². The Morgan fingerprint density at radius 3 is 2.76 bits per heavy atom. The zero-order chi connectivity index (χ0) is 14.8. The number of para-hydroxylation sites is 1. The molecule has 1 aromatic carbocycles. The monoisotopic (exact) mass is 299 g/mol. The van der Waals surface area contributed by atoms with Crippen LogP contribution in [-0.4, -0.2) is 10.8 Å². The SMILES string of the molecule is CC1CCC(CC(=O)c2ccnc3c(S)cccc23)CC1. The molecule has 110 valence electrons. The Morgan fingerprint density at radius 2 is 2.00 bits per heavy atom. The highest BCUT2D eigenvalue weighted by molar-refractivity contribution is 7.80. The van der Waals surface area contributed by atoms with Crippen LogP contribution < -0.4 is 0 Å². The van der Waals surface area contributed by atoms with Gasteiger partial charge >= 0.3 is 0 Å². The zero-order valence-electron chi connectivity index (χ0n) is 12.4. The summed E-state index contributed by atoms with van der Waals surface area (Å²) in [6.07, 6.45) is 7.29. The molecule has 1 saturated carbocycles. The first-order valence-corrected chi connectivity index (χ1v) is 8.19. The summed E-state index contributed by atoms with van der Waals surface area (Å²) >= 11 is 4.43. The summed E-state index contributed by atoms with van der Waals surface area (Å²) in [5.41, 5.74) is 1.62. The molecule has 1 heterocycles. The first-order valence-electron chi connectivity index (χ1n) is 7.75. The van der Waals surface area contributed by atoms with Crippen LogP contribution in [0.3, 0.4) is 0 Å². The molecular formula is C18H21NOS. The first-order chi connectivity index (χ1) is 10.1. The lowest BCUT2D eigenvalue weighted by molar-refractivity contribution is 0.0946. The summed E-state index contributed by atoms with van der Waals surface area (Å²) < 4.78 is 0. The van der Waals surface area contributed by atoms with Gasteiger partial charge in [0.15, 0.2) is 5.78 Å². The first kappa shape index (κ1) is 14.6. The van der Waals surface area contributed by atoms with Crippen molar-refractivity contribution in [3.05, 3.63) is 36.0 Å². The average Bonchev–Trinajstić information content (AvgIpc) is 2.49. The number of hydrogen-bond acceptors (Lipinski definition) is 3. The van der Waals surface area contributed by atoms with Crippen molar-refractivity contribution < 1.29 is 4.79 Å². The normalized spacial score (nSPS) is 22.4. The van der Waals surface area contributed by atoms with Gasteiger partial charge in [-0.15, -0.1) is 12.6 Å². The van der Waals surface area contributed by atoms with Gasteiger partial charge in [-0.3, -0.25) is 9.78 Å². The summed E-state index contributed by atoms with van der Waals surface area (Å²) in [4.78, 5) is 17.8. The Morgan fingerprint density at radius 1 is 1.24 bits per heavy atom. The number of pyridine rings is 1. The van der Waals surface area contributed by atoms with Crippen LogP contribution in [-0.2, 0) is 0 Å². The lowest BCUT2D eigenvalue weighted by Crippen LogP contribution is -2.16. The summed E-state index contributed by atoms with van der Waals surface area (Å²) in [5.74, 6) is 1.63. The maximum Gasteiger partial charge on any atom is 0.163 e. The molecule has 0 amide bonds. The number of nitrogens with zero attached hydrogens (tertiary/aromatic N) is 1. The molecule has 0 bridgehead atoms. The largest absolute Gasteiger partial charge is 0.294 e. The molecule has 3 heteroatoms. The van der Waals surface area contributed by atoms with E-state index in [0.29, 0.717) is 12.3 Å². The molecule has 0 N–H and O–H groups in total. The maximum atomic E-state index is 12.7. The van der Waals surface area contributed by atoms with Crippen molar-refractivity contribution in [1.29, 1.82) is 0 Å². The van der Waals surface area contributed by atoms with E-state index < -0.39 is 0 Å². The molecule has 3 rings (SSSR count). The fourth-order valence-corrected chi connectivity index (χ4v) is 3.57. The lowest BCUT2D eigenvalue weighted by atomic mass is 9.80. The van der Waals surface area contributed by atoms with Crippen molar-refractivity contribution >= 4 is 29.3 Å².